The molecule has 13 nitrogen and oxygen atoms in total. The number of aromatic nitrogens is 4. The standard InChI is InChI=1S/C29H35N7O6/c1-18(2)26(32-24(38)15-14-20-10-6-4-7-11-20)29(42)30-19(3)28(41)31-22(16-25(39)40)23(37)17-36-34-27(33-35-36)21-12-8-5-9-13-21/h4-13,18-19,22,26H,14-17H2,1-3H3,(H,30,42)(H,31,41)(H,32,38)(H,39,40)/t19-,22?,26-/m0/s1. The summed E-state index contributed by atoms with van der Waals surface area (Å²) in [7, 11) is 0. The number of carbonyl (C=O) groups is 5. The summed E-state index contributed by atoms with van der Waals surface area (Å²) in [6, 6.07) is 15.0. The summed E-state index contributed by atoms with van der Waals surface area (Å²) in [6.07, 6.45) is 0.00909. The zero-order valence-electron chi connectivity index (χ0n) is 23.7. The molecule has 0 saturated carbocycles. The van der Waals surface area contributed by atoms with E-state index in [1.165, 1.54) is 6.92 Å². The van der Waals surface area contributed by atoms with Gasteiger partial charge in [0.2, 0.25) is 23.5 Å². The van der Waals surface area contributed by atoms with Crippen LogP contribution < -0.4 is 16.0 Å². The Labute approximate surface area is 243 Å². The average molecular weight is 578 g/mol. The Morgan fingerprint density at radius 3 is 2.12 bits per heavy atom. The molecule has 0 aliphatic heterocycles. The Morgan fingerprint density at radius 2 is 1.50 bits per heavy atom. The van der Waals surface area contributed by atoms with Crippen molar-refractivity contribution in [2.75, 3.05) is 0 Å². The molecular formula is C29H35N7O6. The van der Waals surface area contributed by atoms with E-state index in [4.69, 9.17) is 0 Å². The van der Waals surface area contributed by atoms with Gasteiger partial charge in [-0.05, 0) is 30.0 Å². The Hall–Kier alpha value is -4.94. The molecule has 0 aliphatic carbocycles. The summed E-state index contributed by atoms with van der Waals surface area (Å²) >= 11 is 0. The van der Waals surface area contributed by atoms with Gasteiger partial charge in [-0.2, -0.15) is 4.80 Å². The number of ketones is 1. The van der Waals surface area contributed by atoms with Crippen LogP contribution in [-0.4, -0.2) is 72.9 Å². The molecule has 3 amide bonds. The summed E-state index contributed by atoms with van der Waals surface area (Å²) in [5, 5.41) is 28.9. The molecule has 3 aromatic rings. The first-order valence-corrected chi connectivity index (χ1v) is 13.5. The van der Waals surface area contributed by atoms with E-state index in [2.05, 4.69) is 31.4 Å². The van der Waals surface area contributed by atoms with E-state index in [9.17, 15) is 29.1 Å². The second-order valence-corrected chi connectivity index (χ2v) is 10.1. The maximum Gasteiger partial charge on any atom is 0.305 e. The van der Waals surface area contributed by atoms with Crippen LogP contribution in [0.5, 0.6) is 0 Å². The SMILES string of the molecule is CC(C)[C@H](NC(=O)CCc1ccccc1)C(=O)N[C@@H](C)C(=O)NC(CC(=O)O)C(=O)Cn1nnc(-c2ccccc2)n1. The van der Waals surface area contributed by atoms with Crippen molar-refractivity contribution in [2.24, 2.45) is 5.92 Å². The maximum absolute atomic E-state index is 13.0. The van der Waals surface area contributed by atoms with Crippen molar-refractivity contribution in [3.05, 3.63) is 66.2 Å². The summed E-state index contributed by atoms with van der Waals surface area (Å²) in [6.45, 7) is 4.49. The fraction of sp³-hybridized carbons (Fsp3) is 0.379. The zero-order valence-corrected chi connectivity index (χ0v) is 23.7. The third-order valence-corrected chi connectivity index (χ3v) is 6.37. The minimum atomic E-state index is -1.40. The quantitative estimate of drug-likeness (QED) is 0.206. The predicted octanol–water partition coefficient (Wildman–Crippen LogP) is 1.15. The van der Waals surface area contributed by atoms with Crippen LogP contribution in [0, 0.1) is 5.92 Å². The number of benzene rings is 2. The van der Waals surface area contributed by atoms with Crippen LogP contribution in [0.2, 0.25) is 0 Å². The number of nitrogens with one attached hydrogen (secondary N) is 3. The first-order chi connectivity index (χ1) is 20.0. The fourth-order valence-corrected chi connectivity index (χ4v) is 4.03. The summed E-state index contributed by atoms with van der Waals surface area (Å²) in [4.78, 5) is 63.8. The summed E-state index contributed by atoms with van der Waals surface area (Å²) in [5.74, 6) is -3.62. The van der Waals surface area contributed by atoms with Crippen LogP contribution in [0.15, 0.2) is 60.7 Å². The van der Waals surface area contributed by atoms with Crippen molar-refractivity contribution >= 4 is 29.5 Å². The van der Waals surface area contributed by atoms with E-state index in [0.29, 0.717) is 12.0 Å². The van der Waals surface area contributed by atoms with Crippen molar-refractivity contribution in [1.82, 2.24) is 36.2 Å². The molecule has 0 fully saturated rings. The van der Waals surface area contributed by atoms with Gasteiger partial charge < -0.3 is 21.1 Å². The lowest BCUT2D eigenvalue weighted by molar-refractivity contribution is -0.140. The second kappa shape index (κ2) is 15.2. The number of tetrazole rings is 1. The molecule has 42 heavy (non-hydrogen) atoms. The molecule has 222 valence electrons. The van der Waals surface area contributed by atoms with Crippen LogP contribution in [0.25, 0.3) is 11.4 Å². The third-order valence-electron chi connectivity index (χ3n) is 6.37. The fourth-order valence-electron chi connectivity index (χ4n) is 4.03. The van der Waals surface area contributed by atoms with Crippen LogP contribution in [-0.2, 0) is 36.9 Å². The van der Waals surface area contributed by atoms with Crippen molar-refractivity contribution in [1.29, 1.82) is 0 Å². The van der Waals surface area contributed by atoms with Gasteiger partial charge >= 0.3 is 5.97 Å². The molecule has 0 aliphatic rings. The van der Waals surface area contributed by atoms with Crippen molar-refractivity contribution in [3.63, 3.8) is 0 Å². The molecule has 0 spiro atoms. The number of carbonyl (C=O) groups excluding carboxylic acids is 4. The van der Waals surface area contributed by atoms with Gasteiger partial charge in [0.1, 0.15) is 24.7 Å². The number of amides is 3. The lowest BCUT2D eigenvalue weighted by Gasteiger charge is -2.25. The second-order valence-electron chi connectivity index (χ2n) is 10.1. The van der Waals surface area contributed by atoms with Crippen LogP contribution in [0.1, 0.15) is 39.2 Å². The number of hydrogen-bond acceptors (Lipinski definition) is 8. The number of hydrogen-bond donors (Lipinski definition) is 4. The highest BCUT2D eigenvalue weighted by atomic mass is 16.4. The van der Waals surface area contributed by atoms with Gasteiger partial charge in [0.05, 0.1) is 6.42 Å². The Balaban J connectivity index is 1.57. The summed E-state index contributed by atoms with van der Waals surface area (Å²) in [5.41, 5.74) is 1.67. The highest BCUT2D eigenvalue weighted by molar-refractivity contribution is 5.95. The lowest BCUT2D eigenvalue weighted by Crippen LogP contribution is -2.56. The highest BCUT2D eigenvalue weighted by Gasteiger charge is 2.30. The molecule has 3 atom stereocenters. The van der Waals surface area contributed by atoms with E-state index < -0.39 is 54.7 Å². The normalized spacial score (nSPS) is 13.0. The number of carboxylic acids is 1. The highest BCUT2D eigenvalue weighted by Crippen LogP contribution is 2.12. The van der Waals surface area contributed by atoms with Crippen molar-refractivity contribution in [3.8, 4) is 11.4 Å². The number of rotatable bonds is 15. The Morgan fingerprint density at radius 1 is 0.857 bits per heavy atom. The molecule has 0 bridgehead atoms. The number of Topliss-reactive ketones (excluding diaryl/α,β-unsaturated/α-hetero) is 1. The number of aryl methyl sites for hydroxylation is 1. The monoisotopic (exact) mass is 577 g/mol. The predicted molar refractivity (Wildman–Crippen MR) is 152 cm³/mol. The Kier molecular flexibility index (Phi) is 11.4. The molecule has 2 aromatic carbocycles. The van der Waals surface area contributed by atoms with Crippen molar-refractivity contribution in [2.45, 2.75) is 64.7 Å². The number of carboxylic acid groups (broad SMARTS) is 1. The molecule has 0 radical (unpaired) electrons. The minimum Gasteiger partial charge on any atom is -0.481 e. The molecule has 13 heteroatoms. The lowest BCUT2D eigenvalue weighted by atomic mass is 10.0. The van der Waals surface area contributed by atoms with E-state index in [-0.39, 0.29) is 24.1 Å². The van der Waals surface area contributed by atoms with Gasteiger partial charge in [-0.25, -0.2) is 0 Å². The van der Waals surface area contributed by atoms with Crippen LogP contribution >= 0.6 is 0 Å². The van der Waals surface area contributed by atoms with E-state index in [1.54, 1.807) is 38.1 Å². The van der Waals surface area contributed by atoms with Gasteiger partial charge in [-0.15, -0.1) is 10.2 Å². The van der Waals surface area contributed by atoms with E-state index in [0.717, 1.165) is 10.4 Å². The number of aliphatic carboxylic acids is 1. The van der Waals surface area contributed by atoms with Gasteiger partial charge in [0.25, 0.3) is 0 Å². The van der Waals surface area contributed by atoms with E-state index >= 15 is 0 Å². The van der Waals surface area contributed by atoms with Gasteiger partial charge in [0, 0.05) is 12.0 Å². The van der Waals surface area contributed by atoms with Crippen molar-refractivity contribution < 1.29 is 29.1 Å². The largest absolute Gasteiger partial charge is 0.481 e. The average Bonchev–Trinajstić information content (AvgIpc) is 3.43. The first-order valence-electron chi connectivity index (χ1n) is 13.5. The molecule has 3 rings (SSSR count). The zero-order chi connectivity index (χ0) is 30.6. The topological polar surface area (TPSA) is 185 Å². The smallest absolute Gasteiger partial charge is 0.305 e. The first kappa shape index (κ1) is 31.6. The van der Waals surface area contributed by atoms with E-state index in [1.807, 2.05) is 36.4 Å². The Bertz CT molecular complexity index is 1380. The van der Waals surface area contributed by atoms with Gasteiger partial charge in [-0.3, -0.25) is 24.0 Å². The minimum absolute atomic E-state index is 0.184. The number of nitrogens with zero attached hydrogens (tertiary/aromatic N) is 4. The molecule has 1 heterocycles. The molecule has 1 aromatic heterocycles. The molecule has 4 N–H and O–H groups in total. The summed E-state index contributed by atoms with van der Waals surface area (Å²) < 4.78 is 0. The van der Waals surface area contributed by atoms with Gasteiger partial charge in [-0.1, -0.05) is 74.5 Å². The third kappa shape index (κ3) is 9.61. The molecule has 1 unspecified atom stereocenters. The maximum atomic E-state index is 13.0. The molecule has 0 saturated heterocycles. The molecular weight excluding hydrogens is 542 g/mol. The van der Waals surface area contributed by atoms with Crippen LogP contribution in [0.3, 0.4) is 0 Å². The van der Waals surface area contributed by atoms with Crippen LogP contribution in [0.4, 0.5) is 0 Å². The van der Waals surface area contributed by atoms with Gasteiger partial charge in [0.15, 0.2) is 5.78 Å².